The van der Waals surface area contributed by atoms with Gasteiger partial charge in [-0.05, 0) is 41.8 Å². The van der Waals surface area contributed by atoms with E-state index in [-0.39, 0.29) is 29.3 Å². The first-order valence-corrected chi connectivity index (χ1v) is 10.3. The highest BCUT2D eigenvalue weighted by atomic mass is 32.2. The number of aryl methyl sites for hydroxylation is 1. The third-order valence-electron chi connectivity index (χ3n) is 4.11. The number of alkyl halides is 3. The van der Waals surface area contributed by atoms with E-state index in [9.17, 15) is 31.5 Å². The summed E-state index contributed by atoms with van der Waals surface area (Å²) in [5.41, 5.74) is 0.241. The number of carbonyl (C=O) groups excluding carboxylic acids is 1. The normalized spacial score (nSPS) is 13.2. The first-order valence-electron chi connectivity index (χ1n) is 8.38. The molecule has 28 heavy (non-hydrogen) atoms. The zero-order valence-corrected chi connectivity index (χ0v) is 15.8. The van der Waals surface area contributed by atoms with Crippen molar-refractivity contribution in [1.82, 2.24) is 5.32 Å². The van der Waals surface area contributed by atoms with Gasteiger partial charge in [-0.25, -0.2) is 8.42 Å². The number of benzene rings is 2. The van der Waals surface area contributed by atoms with Crippen LogP contribution in [0.2, 0.25) is 0 Å². The highest BCUT2D eigenvalue weighted by Crippen LogP contribution is 2.29. The molecule has 152 valence electrons. The summed E-state index contributed by atoms with van der Waals surface area (Å²) in [6.45, 7) is -0.128. The summed E-state index contributed by atoms with van der Waals surface area (Å²) in [5, 5.41) is 12.5. The van der Waals surface area contributed by atoms with Gasteiger partial charge in [0.1, 0.15) is 0 Å². The van der Waals surface area contributed by atoms with Gasteiger partial charge < -0.3 is 10.4 Å². The Bertz CT molecular complexity index is 908. The van der Waals surface area contributed by atoms with Crippen LogP contribution in [-0.4, -0.2) is 32.2 Å². The number of hydrogen-bond donors (Lipinski definition) is 2. The van der Waals surface area contributed by atoms with Crippen molar-refractivity contribution in [1.29, 1.82) is 0 Å². The third kappa shape index (κ3) is 6.35. The van der Waals surface area contributed by atoms with Crippen molar-refractivity contribution in [3.8, 4) is 0 Å². The third-order valence-corrected chi connectivity index (χ3v) is 5.24. The fourth-order valence-electron chi connectivity index (χ4n) is 2.47. The van der Waals surface area contributed by atoms with Crippen LogP contribution in [0, 0.1) is 0 Å². The van der Waals surface area contributed by atoms with Gasteiger partial charge in [0.25, 0.3) is 0 Å². The second kappa shape index (κ2) is 8.74. The van der Waals surface area contributed by atoms with E-state index in [1.165, 1.54) is 24.3 Å². The van der Waals surface area contributed by atoms with E-state index in [1.807, 2.05) is 0 Å². The monoisotopic (exact) mass is 415 g/mol. The topological polar surface area (TPSA) is 83.5 Å². The lowest BCUT2D eigenvalue weighted by Gasteiger charge is -2.14. The summed E-state index contributed by atoms with van der Waals surface area (Å²) in [6.07, 6.45) is -3.96. The Morgan fingerprint density at radius 1 is 1.07 bits per heavy atom. The molecule has 2 aromatic carbocycles. The smallest absolute Gasteiger partial charge is 0.387 e. The summed E-state index contributed by atoms with van der Waals surface area (Å²) >= 11 is 0. The largest absolute Gasteiger partial charge is 0.416 e. The average Bonchev–Trinajstić information content (AvgIpc) is 2.63. The molecule has 0 aliphatic carbocycles. The van der Waals surface area contributed by atoms with Crippen LogP contribution in [0.15, 0.2) is 53.4 Å². The van der Waals surface area contributed by atoms with Gasteiger partial charge in [-0.1, -0.05) is 24.3 Å². The highest BCUT2D eigenvalue weighted by molar-refractivity contribution is 7.90. The first-order chi connectivity index (χ1) is 13.0. The number of aliphatic hydroxyl groups excluding tert-OH is 1. The summed E-state index contributed by atoms with van der Waals surface area (Å²) in [4.78, 5) is 12.1. The van der Waals surface area contributed by atoms with Crippen molar-refractivity contribution < 1.29 is 31.5 Å². The Labute approximate surface area is 161 Å². The molecule has 0 spiro atoms. The van der Waals surface area contributed by atoms with Gasteiger partial charge in [0, 0.05) is 19.2 Å². The van der Waals surface area contributed by atoms with Crippen LogP contribution in [0.3, 0.4) is 0 Å². The molecular weight excluding hydrogens is 395 g/mol. The molecule has 0 aliphatic rings. The number of nitrogens with one attached hydrogen (secondary N) is 1. The molecule has 0 aliphatic heterocycles. The molecule has 0 aromatic heterocycles. The van der Waals surface area contributed by atoms with Gasteiger partial charge >= 0.3 is 6.18 Å². The minimum atomic E-state index is -4.45. The van der Waals surface area contributed by atoms with Gasteiger partial charge in [0.05, 0.1) is 16.6 Å². The molecule has 1 amide bonds. The number of amides is 1. The summed E-state index contributed by atoms with van der Waals surface area (Å²) in [6, 6.07) is 10.3. The zero-order valence-electron chi connectivity index (χ0n) is 15.0. The molecule has 9 heteroatoms. The molecular formula is C19H20F3NO4S. The lowest BCUT2D eigenvalue weighted by Crippen LogP contribution is -2.28. The molecule has 0 fully saturated rings. The molecule has 2 N–H and O–H groups in total. The van der Waals surface area contributed by atoms with E-state index < -0.39 is 27.7 Å². The van der Waals surface area contributed by atoms with E-state index >= 15 is 0 Å². The molecule has 0 radical (unpaired) electrons. The van der Waals surface area contributed by atoms with Crippen molar-refractivity contribution in [3.63, 3.8) is 0 Å². The number of hydrogen-bond acceptors (Lipinski definition) is 4. The number of sulfone groups is 1. The number of halogens is 3. The molecule has 0 saturated heterocycles. The van der Waals surface area contributed by atoms with E-state index in [4.69, 9.17) is 0 Å². The maximum absolute atomic E-state index is 12.5. The summed E-state index contributed by atoms with van der Waals surface area (Å²) in [5.74, 6) is -0.335. The minimum Gasteiger partial charge on any atom is -0.387 e. The summed E-state index contributed by atoms with van der Waals surface area (Å²) < 4.78 is 60.4. The molecule has 2 rings (SSSR count). The Kier molecular flexibility index (Phi) is 6.84. The van der Waals surface area contributed by atoms with Crippen molar-refractivity contribution in [2.24, 2.45) is 0 Å². The Morgan fingerprint density at radius 3 is 2.14 bits per heavy atom. The van der Waals surface area contributed by atoms with Gasteiger partial charge in [-0.2, -0.15) is 13.2 Å². The number of rotatable bonds is 7. The fraction of sp³-hybridized carbons (Fsp3) is 0.316. The van der Waals surface area contributed by atoms with Crippen LogP contribution in [0.25, 0.3) is 0 Å². The standard InChI is InChI=1S/C19H20F3NO4S/c1-28(26,27)16-9-2-13(3-10-16)4-11-18(25)23-12-17(24)14-5-7-15(8-6-14)19(20,21)22/h2-3,5-10,17,24H,4,11-12H2,1H3,(H,23,25)/t17-/m1/s1. The molecule has 0 bridgehead atoms. The van der Waals surface area contributed by atoms with E-state index in [0.717, 1.165) is 24.0 Å². The molecule has 1 atom stereocenters. The van der Waals surface area contributed by atoms with E-state index in [0.29, 0.717) is 6.42 Å². The second-order valence-electron chi connectivity index (χ2n) is 6.36. The van der Waals surface area contributed by atoms with Crippen LogP contribution < -0.4 is 5.32 Å². The zero-order chi connectivity index (χ0) is 20.9. The van der Waals surface area contributed by atoms with Crippen molar-refractivity contribution >= 4 is 15.7 Å². The SMILES string of the molecule is CS(=O)(=O)c1ccc(CCC(=O)NC[C@@H](O)c2ccc(C(F)(F)F)cc2)cc1. The van der Waals surface area contributed by atoms with Crippen molar-refractivity contribution in [3.05, 3.63) is 65.2 Å². The summed E-state index contributed by atoms with van der Waals surface area (Å²) in [7, 11) is -3.28. The van der Waals surface area contributed by atoms with Crippen LogP contribution in [-0.2, 0) is 27.2 Å². The Balaban J connectivity index is 1.82. The maximum Gasteiger partial charge on any atom is 0.416 e. The molecule has 0 saturated carbocycles. The van der Waals surface area contributed by atoms with Crippen molar-refractivity contribution in [2.45, 2.75) is 30.0 Å². The van der Waals surface area contributed by atoms with E-state index in [1.54, 1.807) is 12.1 Å². The molecule has 5 nitrogen and oxygen atoms in total. The quantitative estimate of drug-likeness (QED) is 0.729. The van der Waals surface area contributed by atoms with Crippen molar-refractivity contribution in [2.75, 3.05) is 12.8 Å². The molecule has 0 heterocycles. The van der Waals surface area contributed by atoms with Gasteiger partial charge in [0.15, 0.2) is 9.84 Å². The van der Waals surface area contributed by atoms with Gasteiger partial charge in [-0.3, -0.25) is 4.79 Å². The fourth-order valence-corrected chi connectivity index (χ4v) is 3.10. The highest BCUT2D eigenvalue weighted by Gasteiger charge is 2.30. The lowest BCUT2D eigenvalue weighted by molar-refractivity contribution is -0.137. The van der Waals surface area contributed by atoms with Crippen LogP contribution in [0.4, 0.5) is 13.2 Å². The van der Waals surface area contributed by atoms with Crippen LogP contribution in [0.1, 0.15) is 29.2 Å². The van der Waals surface area contributed by atoms with Gasteiger partial charge in [-0.15, -0.1) is 0 Å². The van der Waals surface area contributed by atoms with Gasteiger partial charge in [0.2, 0.25) is 5.91 Å². The first kappa shape index (κ1) is 21.9. The Morgan fingerprint density at radius 2 is 1.64 bits per heavy atom. The number of carbonyl (C=O) groups is 1. The van der Waals surface area contributed by atoms with Crippen LogP contribution >= 0.6 is 0 Å². The molecule has 0 unspecified atom stereocenters. The maximum atomic E-state index is 12.5. The average molecular weight is 415 g/mol. The Hall–Kier alpha value is -2.39. The molecule has 2 aromatic rings. The predicted molar refractivity (Wildman–Crippen MR) is 97.3 cm³/mol. The minimum absolute atomic E-state index is 0.123. The van der Waals surface area contributed by atoms with E-state index in [2.05, 4.69) is 5.32 Å². The van der Waals surface area contributed by atoms with Crippen LogP contribution in [0.5, 0.6) is 0 Å². The second-order valence-corrected chi connectivity index (χ2v) is 8.37. The lowest BCUT2D eigenvalue weighted by atomic mass is 10.1. The predicted octanol–water partition coefficient (Wildman–Crippen LogP) is 2.89. The number of aliphatic hydroxyl groups is 1.